The molecule has 3 nitrogen and oxygen atoms in total. The van der Waals surface area contributed by atoms with Crippen LogP contribution in [0.4, 0.5) is 0 Å². The third-order valence-corrected chi connectivity index (χ3v) is 3.20. The van der Waals surface area contributed by atoms with E-state index in [4.69, 9.17) is 4.74 Å². The number of hydrogen-bond acceptors (Lipinski definition) is 3. The van der Waals surface area contributed by atoms with Crippen molar-refractivity contribution in [3.8, 4) is 0 Å². The van der Waals surface area contributed by atoms with Crippen LogP contribution in [-0.4, -0.2) is 50.3 Å². The Morgan fingerprint density at radius 2 is 2.12 bits per heavy atom. The van der Waals surface area contributed by atoms with E-state index in [0.717, 1.165) is 45.8 Å². The average Bonchev–Trinajstić information content (AvgIpc) is 2.34. The molecule has 0 unspecified atom stereocenters. The number of likely N-dealkylation sites (N-methyl/N-ethyl adjacent to an activating group) is 1. The van der Waals surface area contributed by atoms with E-state index in [9.17, 15) is 0 Å². The Morgan fingerprint density at radius 3 is 2.71 bits per heavy atom. The Balaban J connectivity index is 2.03. The number of nitrogens with zero attached hydrogens (tertiary/aromatic N) is 1. The molecule has 0 aliphatic carbocycles. The topological polar surface area (TPSA) is 24.5 Å². The lowest BCUT2D eigenvalue weighted by atomic mass is 10.1. The first kappa shape index (κ1) is 14.7. The van der Waals surface area contributed by atoms with Gasteiger partial charge in [0.25, 0.3) is 0 Å². The fraction of sp³-hybridized carbons (Fsp3) is 0.857. The molecule has 0 aromatic carbocycles. The van der Waals surface area contributed by atoms with E-state index in [0.29, 0.717) is 6.10 Å². The molecule has 0 atom stereocenters. The normalized spacial score (nSPS) is 17.6. The van der Waals surface area contributed by atoms with Crippen LogP contribution in [-0.2, 0) is 4.74 Å². The predicted octanol–water partition coefficient (Wildman–Crippen LogP) is 2.04. The molecular formula is C14H28N2O. The van der Waals surface area contributed by atoms with Gasteiger partial charge in [-0.1, -0.05) is 19.1 Å². The first-order chi connectivity index (χ1) is 8.22. The molecule has 1 N–H and O–H groups in total. The second-order valence-electron chi connectivity index (χ2n) is 5.00. The van der Waals surface area contributed by atoms with E-state index in [2.05, 4.69) is 30.6 Å². The maximum atomic E-state index is 5.89. The molecule has 0 aromatic rings. The summed E-state index contributed by atoms with van der Waals surface area (Å²) in [6.07, 6.45) is 3.96. The third kappa shape index (κ3) is 6.81. The SMILES string of the molecule is C=C(C)CN(CC)CCCOC1CCNCC1. The van der Waals surface area contributed by atoms with Crippen molar-refractivity contribution in [1.82, 2.24) is 10.2 Å². The molecule has 1 saturated heterocycles. The van der Waals surface area contributed by atoms with Crippen molar-refractivity contribution >= 4 is 0 Å². The van der Waals surface area contributed by atoms with Gasteiger partial charge in [-0.15, -0.1) is 0 Å². The maximum Gasteiger partial charge on any atom is 0.0599 e. The number of rotatable bonds is 8. The van der Waals surface area contributed by atoms with Gasteiger partial charge in [0, 0.05) is 19.7 Å². The lowest BCUT2D eigenvalue weighted by Crippen LogP contribution is -2.33. The van der Waals surface area contributed by atoms with Crippen molar-refractivity contribution in [3.63, 3.8) is 0 Å². The Kier molecular flexibility index (Phi) is 7.49. The van der Waals surface area contributed by atoms with Gasteiger partial charge >= 0.3 is 0 Å². The predicted molar refractivity (Wildman–Crippen MR) is 73.4 cm³/mol. The van der Waals surface area contributed by atoms with Crippen molar-refractivity contribution in [2.75, 3.05) is 39.3 Å². The Hall–Kier alpha value is -0.380. The van der Waals surface area contributed by atoms with Gasteiger partial charge in [-0.2, -0.15) is 0 Å². The van der Waals surface area contributed by atoms with E-state index in [1.165, 1.54) is 18.4 Å². The van der Waals surface area contributed by atoms with E-state index in [-0.39, 0.29) is 0 Å². The second kappa shape index (κ2) is 8.67. The molecule has 0 amide bonds. The lowest BCUT2D eigenvalue weighted by Gasteiger charge is -2.24. The van der Waals surface area contributed by atoms with Crippen LogP contribution in [0.2, 0.25) is 0 Å². The summed E-state index contributed by atoms with van der Waals surface area (Å²) in [5.41, 5.74) is 1.24. The molecule has 3 heteroatoms. The van der Waals surface area contributed by atoms with Crippen molar-refractivity contribution in [2.45, 2.75) is 39.2 Å². The molecule has 1 aliphatic heterocycles. The van der Waals surface area contributed by atoms with E-state index in [1.54, 1.807) is 0 Å². The van der Waals surface area contributed by atoms with Crippen LogP contribution in [0.15, 0.2) is 12.2 Å². The van der Waals surface area contributed by atoms with Crippen LogP contribution < -0.4 is 5.32 Å². The first-order valence-corrected chi connectivity index (χ1v) is 6.91. The number of hydrogen-bond donors (Lipinski definition) is 1. The van der Waals surface area contributed by atoms with Crippen LogP contribution in [0.3, 0.4) is 0 Å². The van der Waals surface area contributed by atoms with Crippen LogP contribution in [0, 0.1) is 0 Å². The highest BCUT2D eigenvalue weighted by Gasteiger charge is 2.12. The van der Waals surface area contributed by atoms with Crippen molar-refractivity contribution in [3.05, 3.63) is 12.2 Å². The summed E-state index contributed by atoms with van der Waals surface area (Å²) in [4.78, 5) is 2.42. The largest absolute Gasteiger partial charge is 0.378 e. The molecule has 1 aliphatic rings. The minimum Gasteiger partial charge on any atom is -0.378 e. The zero-order valence-corrected chi connectivity index (χ0v) is 11.5. The highest BCUT2D eigenvalue weighted by atomic mass is 16.5. The van der Waals surface area contributed by atoms with Gasteiger partial charge in [0.05, 0.1) is 6.10 Å². The lowest BCUT2D eigenvalue weighted by molar-refractivity contribution is 0.0283. The van der Waals surface area contributed by atoms with Gasteiger partial charge in [-0.25, -0.2) is 0 Å². The molecule has 0 spiro atoms. The summed E-state index contributed by atoms with van der Waals surface area (Å²) in [5, 5.41) is 3.36. The monoisotopic (exact) mass is 240 g/mol. The minimum atomic E-state index is 0.493. The molecule has 0 bridgehead atoms. The van der Waals surface area contributed by atoms with Gasteiger partial charge < -0.3 is 10.1 Å². The summed E-state index contributed by atoms with van der Waals surface area (Å²) in [5.74, 6) is 0. The van der Waals surface area contributed by atoms with Crippen LogP contribution in [0.5, 0.6) is 0 Å². The highest BCUT2D eigenvalue weighted by Crippen LogP contribution is 2.07. The van der Waals surface area contributed by atoms with Crippen LogP contribution in [0.1, 0.15) is 33.1 Å². The highest BCUT2D eigenvalue weighted by molar-refractivity contribution is 4.91. The second-order valence-corrected chi connectivity index (χ2v) is 5.00. The third-order valence-electron chi connectivity index (χ3n) is 3.20. The van der Waals surface area contributed by atoms with Gasteiger partial charge in [0.1, 0.15) is 0 Å². The van der Waals surface area contributed by atoms with Gasteiger partial charge in [-0.05, 0) is 45.8 Å². The molecule has 0 radical (unpaired) electrons. The molecule has 0 saturated carbocycles. The molecule has 100 valence electrons. The summed E-state index contributed by atoms with van der Waals surface area (Å²) in [7, 11) is 0. The van der Waals surface area contributed by atoms with Crippen molar-refractivity contribution in [1.29, 1.82) is 0 Å². The van der Waals surface area contributed by atoms with E-state index < -0.39 is 0 Å². The number of piperidine rings is 1. The summed E-state index contributed by atoms with van der Waals surface area (Å²) >= 11 is 0. The number of ether oxygens (including phenoxy) is 1. The Labute approximate surface area is 106 Å². The fourth-order valence-corrected chi connectivity index (χ4v) is 2.23. The zero-order valence-electron chi connectivity index (χ0n) is 11.5. The average molecular weight is 240 g/mol. The fourth-order valence-electron chi connectivity index (χ4n) is 2.23. The Morgan fingerprint density at radius 1 is 1.41 bits per heavy atom. The summed E-state index contributed by atoms with van der Waals surface area (Å²) < 4.78 is 5.89. The van der Waals surface area contributed by atoms with Crippen LogP contribution >= 0.6 is 0 Å². The maximum absolute atomic E-state index is 5.89. The standard InChI is InChI=1S/C14H28N2O/c1-4-16(12-13(2)3)10-5-11-17-14-6-8-15-9-7-14/h14-15H,2,4-12H2,1,3H3. The minimum absolute atomic E-state index is 0.493. The molecule has 1 rings (SSSR count). The molecule has 0 aromatic heterocycles. The van der Waals surface area contributed by atoms with Gasteiger partial charge in [-0.3, -0.25) is 4.90 Å². The quantitative estimate of drug-likeness (QED) is 0.519. The number of nitrogens with one attached hydrogen (secondary N) is 1. The van der Waals surface area contributed by atoms with Gasteiger partial charge in [0.2, 0.25) is 0 Å². The van der Waals surface area contributed by atoms with Crippen molar-refractivity contribution < 1.29 is 4.74 Å². The van der Waals surface area contributed by atoms with Crippen LogP contribution in [0.25, 0.3) is 0 Å². The molecule has 1 heterocycles. The molecular weight excluding hydrogens is 212 g/mol. The summed E-state index contributed by atoms with van der Waals surface area (Å²) in [6, 6.07) is 0. The van der Waals surface area contributed by atoms with Gasteiger partial charge in [0.15, 0.2) is 0 Å². The smallest absolute Gasteiger partial charge is 0.0599 e. The molecule has 1 fully saturated rings. The zero-order chi connectivity index (χ0) is 12.5. The van der Waals surface area contributed by atoms with E-state index in [1.807, 2.05) is 0 Å². The summed E-state index contributed by atoms with van der Waals surface area (Å²) in [6.45, 7) is 14.6. The van der Waals surface area contributed by atoms with E-state index >= 15 is 0 Å². The molecule has 17 heavy (non-hydrogen) atoms. The Bertz CT molecular complexity index is 212. The van der Waals surface area contributed by atoms with Crippen molar-refractivity contribution in [2.24, 2.45) is 0 Å². The first-order valence-electron chi connectivity index (χ1n) is 6.91.